The number of hydrogen-bond acceptors (Lipinski definition) is 8. The summed E-state index contributed by atoms with van der Waals surface area (Å²) < 4.78 is 6.31. The van der Waals surface area contributed by atoms with Gasteiger partial charge in [-0.25, -0.2) is 0 Å². The molecule has 0 aromatic heterocycles. The molecule has 6 N–H and O–H groups in total. The number of rotatable bonds is 0. The maximum absolute atomic E-state index is 4.46. The third kappa shape index (κ3) is 4.09. The Morgan fingerprint density at radius 3 is 0.829 bits per heavy atom. The van der Waals surface area contributed by atoms with E-state index in [0.717, 1.165) is 47.3 Å². The van der Waals surface area contributed by atoms with Gasteiger partial charge in [0, 0.05) is 0 Å². The van der Waals surface area contributed by atoms with Gasteiger partial charge in [0.05, 0.1) is 0 Å². The Bertz CT molecular complexity index is 853. The Hall–Kier alpha value is 0.316. The summed E-state index contributed by atoms with van der Waals surface area (Å²) >= 11 is -0.886. The molecule has 0 aromatic rings. The van der Waals surface area contributed by atoms with Gasteiger partial charge >= 0.3 is 256 Å². The molecule has 16 atom stereocenters. The van der Waals surface area contributed by atoms with Gasteiger partial charge < -0.3 is 0 Å². The van der Waals surface area contributed by atoms with Crippen molar-refractivity contribution in [3.63, 3.8) is 0 Å². The van der Waals surface area contributed by atoms with Crippen LogP contribution in [0.1, 0.15) is 103 Å². The van der Waals surface area contributed by atoms with Crippen LogP contribution in [0.4, 0.5) is 0 Å². The van der Waals surface area contributed by atoms with Crippen molar-refractivity contribution in [1.29, 1.82) is 0 Å². The van der Waals surface area contributed by atoms with E-state index in [-0.39, 0.29) is 0 Å². The topological polar surface area (TPSA) is 78.7 Å². The number of nitrogens with one attached hydrogen (secondary N) is 6. The summed E-state index contributed by atoms with van der Waals surface area (Å²) in [5.41, 5.74) is 0. The van der Waals surface area contributed by atoms with Crippen molar-refractivity contribution < 1.29 is 0 Å². The zero-order valence-corrected chi connectivity index (χ0v) is 27.4. The molecule has 6 bridgehead atoms. The van der Waals surface area contributed by atoms with Crippen molar-refractivity contribution in [1.82, 2.24) is 39.1 Å². The molecule has 4 saturated carbocycles. The summed E-state index contributed by atoms with van der Waals surface area (Å²) in [6, 6.07) is 0. The molecule has 41 heavy (non-hydrogen) atoms. The van der Waals surface area contributed by atoms with Crippen LogP contribution in [0.25, 0.3) is 0 Å². The van der Waals surface area contributed by atoms with Crippen LogP contribution in [0.5, 0.6) is 0 Å². The number of nitrogens with zero attached hydrogens (tertiary/aromatic N) is 2. The van der Waals surface area contributed by atoms with Crippen molar-refractivity contribution >= 4 is 17.9 Å². The summed E-state index contributed by atoms with van der Waals surface area (Å²) in [6.45, 7) is 0. The Kier molecular flexibility index (Phi) is 6.74. The molecule has 10 aliphatic rings. The Morgan fingerprint density at radius 2 is 0.561 bits per heavy atom. The molecule has 6 heterocycles. The van der Waals surface area contributed by atoms with E-state index >= 15 is 0 Å². The quantitative estimate of drug-likeness (QED) is 0.231. The fourth-order valence-corrected chi connectivity index (χ4v) is 17.2. The first-order valence-corrected chi connectivity index (χ1v) is 20.4. The zero-order chi connectivity index (χ0) is 26.7. The summed E-state index contributed by atoms with van der Waals surface area (Å²) in [7, 11) is 0. The molecule has 10 fully saturated rings. The minimum atomic E-state index is -0.886. The minimum absolute atomic E-state index is 0.484. The van der Waals surface area contributed by atoms with E-state index in [1.54, 1.807) is 0 Å². The fraction of sp³-hybridized carbons (Fsp3) is 1.00. The molecule has 9 heteroatoms. The molecule has 0 amide bonds. The van der Waals surface area contributed by atoms with E-state index in [2.05, 4.69) is 39.1 Å². The second-order valence-electron chi connectivity index (χ2n) is 16.1. The predicted molar refractivity (Wildman–Crippen MR) is 160 cm³/mol. The van der Waals surface area contributed by atoms with Gasteiger partial charge in [0.2, 0.25) is 0 Å². The van der Waals surface area contributed by atoms with E-state index in [9.17, 15) is 0 Å². The molecular formula is C32H54GaN8. The zero-order valence-electron chi connectivity index (χ0n) is 25.0. The molecular weight excluding hydrogens is 566 g/mol. The summed E-state index contributed by atoms with van der Waals surface area (Å²) in [6.07, 6.45) is 27.0. The van der Waals surface area contributed by atoms with Gasteiger partial charge in [-0.15, -0.1) is 0 Å². The average molecular weight is 621 g/mol. The van der Waals surface area contributed by atoms with Gasteiger partial charge in [-0.05, 0) is 0 Å². The predicted octanol–water partition coefficient (Wildman–Crippen LogP) is 2.58. The molecule has 0 aromatic carbocycles. The van der Waals surface area contributed by atoms with E-state index in [1.165, 1.54) is 103 Å². The van der Waals surface area contributed by atoms with Crippen LogP contribution in [-0.4, -0.2) is 74.4 Å². The molecule has 1 radical (unpaired) electrons. The first kappa shape index (κ1) is 26.5. The van der Waals surface area contributed by atoms with E-state index in [1.807, 2.05) is 0 Å². The van der Waals surface area contributed by atoms with Crippen LogP contribution in [0, 0.1) is 47.3 Å². The first-order chi connectivity index (χ1) is 20.3. The van der Waals surface area contributed by atoms with E-state index < -0.39 is 17.9 Å². The SMILES string of the molecule is C1CCC2C3NC(NC4C5CCCCC5C5NC6NC(NC7C8CCCCC8C(N3)[N]7[Ga][N]45)C3CCCCC63)C2C1. The standard InChI is InChI=1S/C32H54N8.Ga/c1-2-10-18-17(9-1)25-33-26(18)38-28-21-13-5-6-14-22(21)30(35-28)40-32-24-16-8-7-15-23(24)31(36-32)39-29-20-12-4-3-11-19(20)27(34-29)37-25;/h17-33,36-40H,1-16H2;/q-2;+2. The van der Waals surface area contributed by atoms with Gasteiger partial charge in [-0.1, -0.05) is 0 Å². The van der Waals surface area contributed by atoms with Crippen LogP contribution < -0.4 is 31.9 Å². The van der Waals surface area contributed by atoms with Gasteiger partial charge in [-0.2, -0.15) is 0 Å². The van der Waals surface area contributed by atoms with Crippen LogP contribution in [0.3, 0.4) is 0 Å². The van der Waals surface area contributed by atoms with Crippen LogP contribution in [0.2, 0.25) is 0 Å². The van der Waals surface area contributed by atoms with Gasteiger partial charge in [0.25, 0.3) is 0 Å². The second-order valence-corrected chi connectivity index (χ2v) is 19.1. The monoisotopic (exact) mass is 619 g/mol. The Morgan fingerprint density at radius 1 is 0.317 bits per heavy atom. The summed E-state index contributed by atoms with van der Waals surface area (Å²) in [4.78, 5) is 0. The fourth-order valence-electron chi connectivity index (χ4n) is 12.8. The van der Waals surface area contributed by atoms with E-state index in [4.69, 9.17) is 0 Å². The van der Waals surface area contributed by atoms with Gasteiger partial charge in [0.1, 0.15) is 0 Å². The van der Waals surface area contributed by atoms with Crippen molar-refractivity contribution in [2.24, 2.45) is 47.3 Å². The molecule has 0 spiro atoms. The average Bonchev–Trinajstić information content (AvgIpc) is 3.72. The molecule has 225 valence electrons. The van der Waals surface area contributed by atoms with Crippen molar-refractivity contribution in [3.05, 3.63) is 0 Å². The second kappa shape index (κ2) is 10.4. The van der Waals surface area contributed by atoms with Gasteiger partial charge in [-0.3, -0.25) is 0 Å². The molecule has 6 aliphatic heterocycles. The third-order valence-electron chi connectivity index (χ3n) is 14.5. The van der Waals surface area contributed by atoms with Crippen LogP contribution >= 0.6 is 0 Å². The van der Waals surface area contributed by atoms with Crippen molar-refractivity contribution in [2.75, 3.05) is 0 Å². The van der Waals surface area contributed by atoms with Crippen molar-refractivity contribution in [2.45, 2.75) is 152 Å². The number of fused-ring (bicyclic) bond motifs is 16. The summed E-state index contributed by atoms with van der Waals surface area (Å²) in [5.74, 6) is 6.41. The molecule has 6 saturated heterocycles. The number of hydrogen-bond donors (Lipinski definition) is 6. The van der Waals surface area contributed by atoms with E-state index in [0.29, 0.717) is 49.3 Å². The maximum atomic E-state index is 4.46. The normalized spacial score (nSPS) is 58.0. The van der Waals surface area contributed by atoms with Crippen LogP contribution in [-0.2, 0) is 0 Å². The molecule has 16 unspecified atom stereocenters. The summed E-state index contributed by atoms with van der Waals surface area (Å²) in [5, 5.41) is 26.4. The Balaban J connectivity index is 1.10. The third-order valence-corrected chi connectivity index (χ3v) is 18.3. The molecule has 10 rings (SSSR count). The molecule has 4 aliphatic carbocycles. The van der Waals surface area contributed by atoms with Gasteiger partial charge in [0.15, 0.2) is 0 Å². The van der Waals surface area contributed by atoms with Crippen LogP contribution in [0.15, 0.2) is 0 Å². The first-order valence-electron chi connectivity index (χ1n) is 18.3. The Labute approximate surface area is 255 Å². The molecule has 8 nitrogen and oxygen atoms in total. The van der Waals surface area contributed by atoms with Crippen molar-refractivity contribution in [3.8, 4) is 0 Å².